The molecule has 1 aromatic heterocycles. The van der Waals surface area contributed by atoms with Crippen LogP contribution in [0.4, 0.5) is 0 Å². The zero-order valence-corrected chi connectivity index (χ0v) is 11.0. The van der Waals surface area contributed by atoms with Gasteiger partial charge in [-0.25, -0.2) is 9.78 Å². The molecule has 1 amide bonds. The Morgan fingerprint density at radius 3 is 2.79 bits per heavy atom. The summed E-state index contributed by atoms with van der Waals surface area (Å²) in [5.41, 5.74) is -0.495. The SMILES string of the molecule is CCCN(CC(=O)OC)C(=O)Cn1cccnc1=O. The van der Waals surface area contributed by atoms with Gasteiger partial charge in [-0.2, -0.15) is 0 Å². The zero-order chi connectivity index (χ0) is 14.3. The summed E-state index contributed by atoms with van der Waals surface area (Å²) in [5, 5.41) is 0. The molecule has 0 aliphatic carbocycles. The Bertz CT molecular complexity index is 498. The van der Waals surface area contributed by atoms with Crippen molar-refractivity contribution in [1.82, 2.24) is 14.5 Å². The highest BCUT2D eigenvalue weighted by molar-refractivity contribution is 5.81. The number of rotatable bonds is 6. The van der Waals surface area contributed by atoms with Crippen molar-refractivity contribution in [3.8, 4) is 0 Å². The van der Waals surface area contributed by atoms with Gasteiger partial charge in [0, 0.05) is 18.9 Å². The van der Waals surface area contributed by atoms with Gasteiger partial charge in [0.05, 0.1) is 7.11 Å². The maximum atomic E-state index is 12.0. The molecule has 19 heavy (non-hydrogen) atoms. The summed E-state index contributed by atoms with van der Waals surface area (Å²) in [5.74, 6) is -0.803. The summed E-state index contributed by atoms with van der Waals surface area (Å²) >= 11 is 0. The second-order valence-electron chi connectivity index (χ2n) is 3.92. The predicted octanol–water partition coefficient (Wildman–Crippen LogP) is -0.345. The van der Waals surface area contributed by atoms with Crippen LogP contribution in [0.2, 0.25) is 0 Å². The molecule has 0 radical (unpaired) electrons. The number of aromatic nitrogens is 2. The van der Waals surface area contributed by atoms with E-state index in [2.05, 4.69) is 9.72 Å². The lowest BCUT2D eigenvalue weighted by Gasteiger charge is -2.20. The van der Waals surface area contributed by atoms with E-state index in [1.807, 2.05) is 6.92 Å². The fourth-order valence-corrected chi connectivity index (χ4v) is 1.54. The van der Waals surface area contributed by atoms with Gasteiger partial charge in [0.25, 0.3) is 0 Å². The lowest BCUT2D eigenvalue weighted by molar-refractivity contribution is -0.147. The summed E-state index contributed by atoms with van der Waals surface area (Å²) in [6, 6.07) is 1.57. The molecule has 0 aliphatic heterocycles. The molecule has 0 aromatic carbocycles. The first-order chi connectivity index (χ1) is 9.08. The fourth-order valence-electron chi connectivity index (χ4n) is 1.54. The van der Waals surface area contributed by atoms with Crippen LogP contribution in [0.15, 0.2) is 23.3 Å². The van der Waals surface area contributed by atoms with Gasteiger partial charge in [-0.05, 0) is 12.5 Å². The second kappa shape index (κ2) is 7.30. The minimum atomic E-state index is -0.495. The Hall–Kier alpha value is -2.18. The minimum absolute atomic E-state index is 0.113. The summed E-state index contributed by atoms with van der Waals surface area (Å²) in [4.78, 5) is 39.6. The van der Waals surface area contributed by atoms with Crippen LogP contribution in [0.1, 0.15) is 13.3 Å². The Kier molecular flexibility index (Phi) is 5.72. The van der Waals surface area contributed by atoms with Crippen molar-refractivity contribution < 1.29 is 14.3 Å². The van der Waals surface area contributed by atoms with Crippen LogP contribution < -0.4 is 5.69 Å². The maximum Gasteiger partial charge on any atom is 0.347 e. The number of carbonyl (C=O) groups excluding carboxylic acids is 2. The summed E-state index contributed by atoms with van der Waals surface area (Å²) in [6.45, 7) is 2.08. The number of hydrogen-bond acceptors (Lipinski definition) is 5. The second-order valence-corrected chi connectivity index (χ2v) is 3.92. The van der Waals surface area contributed by atoms with Crippen LogP contribution in [-0.2, 0) is 20.9 Å². The van der Waals surface area contributed by atoms with Crippen LogP contribution in [0.25, 0.3) is 0 Å². The summed E-state index contributed by atoms with van der Waals surface area (Å²) in [7, 11) is 1.27. The Labute approximate surface area is 110 Å². The predicted molar refractivity (Wildman–Crippen MR) is 67.4 cm³/mol. The molecule has 104 valence electrons. The van der Waals surface area contributed by atoms with E-state index < -0.39 is 11.7 Å². The highest BCUT2D eigenvalue weighted by Gasteiger charge is 2.17. The van der Waals surface area contributed by atoms with Crippen LogP contribution in [-0.4, -0.2) is 46.5 Å². The lowest BCUT2D eigenvalue weighted by Crippen LogP contribution is -2.40. The standard InChI is InChI=1S/C12H17N3O4/c1-3-6-14(9-11(17)19-2)10(16)8-15-7-4-5-13-12(15)18/h4-5,7H,3,6,8-9H2,1-2H3. The molecule has 0 atom stereocenters. The third-order valence-electron chi connectivity index (χ3n) is 2.48. The number of esters is 1. The third-order valence-corrected chi connectivity index (χ3v) is 2.48. The van der Waals surface area contributed by atoms with E-state index in [1.165, 1.54) is 29.0 Å². The van der Waals surface area contributed by atoms with Crippen molar-refractivity contribution in [2.45, 2.75) is 19.9 Å². The first kappa shape index (κ1) is 14.9. The molecule has 1 rings (SSSR count). The highest BCUT2D eigenvalue weighted by atomic mass is 16.5. The van der Waals surface area contributed by atoms with Crippen LogP contribution in [0.3, 0.4) is 0 Å². The van der Waals surface area contributed by atoms with E-state index in [0.717, 1.165) is 0 Å². The molecule has 0 fully saturated rings. The van der Waals surface area contributed by atoms with Gasteiger partial charge < -0.3 is 9.64 Å². The number of hydrogen-bond donors (Lipinski definition) is 0. The smallest absolute Gasteiger partial charge is 0.347 e. The largest absolute Gasteiger partial charge is 0.468 e. The number of carbonyl (C=O) groups is 2. The number of amides is 1. The van der Waals surface area contributed by atoms with Crippen molar-refractivity contribution in [3.05, 3.63) is 28.9 Å². The molecule has 7 heteroatoms. The molecule has 0 unspecified atom stereocenters. The first-order valence-electron chi connectivity index (χ1n) is 5.94. The normalized spacial score (nSPS) is 10.0. The van der Waals surface area contributed by atoms with E-state index in [0.29, 0.717) is 13.0 Å². The van der Waals surface area contributed by atoms with E-state index in [9.17, 15) is 14.4 Å². The average Bonchev–Trinajstić information content (AvgIpc) is 2.40. The van der Waals surface area contributed by atoms with E-state index in [-0.39, 0.29) is 19.0 Å². The lowest BCUT2D eigenvalue weighted by atomic mass is 10.3. The molecular weight excluding hydrogens is 250 g/mol. The van der Waals surface area contributed by atoms with Crippen molar-refractivity contribution in [2.24, 2.45) is 0 Å². The minimum Gasteiger partial charge on any atom is -0.468 e. The zero-order valence-electron chi connectivity index (χ0n) is 11.0. The topological polar surface area (TPSA) is 81.5 Å². The summed E-state index contributed by atoms with van der Waals surface area (Å²) in [6.07, 6.45) is 3.56. The van der Waals surface area contributed by atoms with Crippen LogP contribution in [0, 0.1) is 0 Å². The molecule has 0 saturated carbocycles. The Morgan fingerprint density at radius 1 is 1.47 bits per heavy atom. The molecule has 0 spiro atoms. The van der Waals surface area contributed by atoms with E-state index in [4.69, 9.17) is 0 Å². The van der Waals surface area contributed by atoms with Crippen molar-refractivity contribution in [1.29, 1.82) is 0 Å². The van der Waals surface area contributed by atoms with Gasteiger partial charge in [-0.15, -0.1) is 0 Å². The Balaban J connectivity index is 2.74. The quantitative estimate of drug-likeness (QED) is 0.658. The Morgan fingerprint density at radius 2 is 2.21 bits per heavy atom. The van der Waals surface area contributed by atoms with Gasteiger partial charge in [0.15, 0.2) is 0 Å². The monoisotopic (exact) mass is 267 g/mol. The summed E-state index contributed by atoms with van der Waals surface area (Å²) < 4.78 is 5.73. The van der Waals surface area contributed by atoms with Gasteiger partial charge in [-0.3, -0.25) is 14.2 Å². The average molecular weight is 267 g/mol. The molecule has 7 nitrogen and oxygen atoms in total. The first-order valence-corrected chi connectivity index (χ1v) is 5.94. The number of methoxy groups -OCH3 is 1. The molecule has 1 heterocycles. The van der Waals surface area contributed by atoms with E-state index in [1.54, 1.807) is 6.07 Å². The van der Waals surface area contributed by atoms with Gasteiger partial charge >= 0.3 is 11.7 Å². The van der Waals surface area contributed by atoms with Gasteiger partial charge in [0.1, 0.15) is 13.1 Å². The molecule has 1 aromatic rings. The van der Waals surface area contributed by atoms with Crippen molar-refractivity contribution in [2.75, 3.05) is 20.2 Å². The highest BCUT2D eigenvalue weighted by Crippen LogP contribution is 1.96. The molecular formula is C12H17N3O4. The number of ether oxygens (including phenoxy) is 1. The molecule has 0 saturated heterocycles. The molecule has 0 N–H and O–H groups in total. The number of nitrogens with zero attached hydrogens (tertiary/aromatic N) is 3. The van der Waals surface area contributed by atoms with Crippen molar-refractivity contribution in [3.63, 3.8) is 0 Å². The molecule has 0 bridgehead atoms. The van der Waals surface area contributed by atoms with Gasteiger partial charge in [0.2, 0.25) is 5.91 Å². The fraction of sp³-hybridized carbons (Fsp3) is 0.500. The van der Waals surface area contributed by atoms with E-state index >= 15 is 0 Å². The van der Waals surface area contributed by atoms with Crippen LogP contribution >= 0.6 is 0 Å². The van der Waals surface area contributed by atoms with Gasteiger partial charge in [-0.1, -0.05) is 6.92 Å². The van der Waals surface area contributed by atoms with Crippen LogP contribution in [0.5, 0.6) is 0 Å². The maximum absolute atomic E-state index is 12.0. The third kappa shape index (κ3) is 4.53. The van der Waals surface area contributed by atoms with Crippen molar-refractivity contribution >= 4 is 11.9 Å². The molecule has 0 aliphatic rings.